The fourth-order valence-electron chi connectivity index (χ4n) is 2.52. The molecule has 0 saturated heterocycles. The fraction of sp³-hybridized carbons (Fsp3) is 0.533. The molecule has 2 unspecified atom stereocenters. The summed E-state index contributed by atoms with van der Waals surface area (Å²) < 4.78 is 16.0. The van der Waals surface area contributed by atoms with Crippen LogP contribution in [0.2, 0.25) is 0 Å². The molecule has 0 spiro atoms. The monoisotopic (exact) mass is 279 g/mol. The summed E-state index contributed by atoms with van der Waals surface area (Å²) in [6, 6.07) is 3.79. The fourth-order valence-corrected chi connectivity index (χ4v) is 2.52. The Morgan fingerprint density at radius 3 is 2.85 bits per heavy atom. The number of carbonyl (C=O) groups is 1. The van der Waals surface area contributed by atoms with Crippen LogP contribution in [0.15, 0.2) is 12.1 Å². The van der Waals surface area contributed by atoms with E-state index in [1.807, 2.05) is 26.1 Å². The Morgan fingerprint density at radius 2 is 2.25 bits per heavy atom. The van der Waals surface area contributed by atoms with E-state index in [0.717, 1.165) is 29.0 Å². The van der Waals surface area contributed by atoms with E-state index in [4.69, 9.17) is 14.2 Å². The summed E-state index contributed by atoms with van der Waals surface area (Å²) in [5, 5.41) is 3.12. The zero-order chi connectivity index (χ0) is 14.7. The van der Waals surface area contributed by atoms with Crippen LogP contribution in [0.4, 0.5) is 0 Å². The Balaban J connectivity index is 2.34. The highest BCUT2D eigenvalue weighted by Crippen LogP contribution is 2.38. The summed E-state index contributed by atoms with van der Waals surface area (Å²) in [4.78, 5) is 11.5. The number of carbonyl (C=O) groups excluding carboxylic acids is 1. The Labute approximate surface area is 119 Å². The molecule has 0 bridgehead atoms. The first-order chi connectivity index (χ1) is 9.58. The predicted octanol–water partition coefficient (Wildman–Crippen LogP) is 1.84. The van der Waals surface area contributed by atoms with E-state index in [1.54, 1.807) is 7.11 Å². The maximum Gasteiger partial charge on any atom is 0.307 e. The van der Waals surface area contributed by atoms with Gasteiger partial charge in [0.05, 0.1) is 20.6 Å². The van der Waals surface area contributed by atoms with E-state index >= 15 is 0 Å². The first-order valence-corrected chi connectivity index (χ1v) is 6.70. The SMILES string of the molecule is CNC(CC(=O)OC)c1cc2c(cc1OC)CC(C)O2. The van der Waals surface area contributed by atoms with Crippen molar-refractivity contribution in [2.75, 3.05) is 21.3 Å². The number of benzene rings is 1. The van der Waals surface area contributed by atoms with Crippen LogP contribution in [0.25, 0.3) is 0 Å². The molecular formula is C15H21NO4. The van der Waals surface area contributed by atoms with Crippen LogP contribution >= 0.6 is 0 Å². The van der Waals surface area contributed by atoms with Crippen molar-refractivity contribution in [2.45, 2.75) is 31.9 Å². The maximum atomic E-state index is 11.5. The lowest BCUT2D eigenvalue weighted by atomic mass is 9.99. The number of esters is 1. The van der Waals surface area contributed by atoms with Crippen LogP contribution in [-0.2, 0) is 16.0 Å². The molecule has 110 valence electrons. The van der Waals surface area contributed by atoms with Crippen molar-refractivity contribution in [3.63, 3.8) is 0 Å². The lowest BCUT2D eigenvalue weighted by molar-refractivity contribution is -0.141. The molecule has 1 aromatic rings. The van der Waals surface area contributed by atoms with Crippen molar-refractivity contribution in [3.05, 3.63) is 23.3 Å². The van der Waals surface area contributed by atoms with Gasteiger partial charge in [0.25, 0.3) is 0 Å². The van der Waals surface area contributed by atoms with E-state index in [1.165, 1.54) is 7.11 Å². The summed E-state index contributed by atoms with van der Waals surface area (Å²) in [5.41, 5.74) is 2.05. The Morgan fingerprint density at radius 1 is 1.50 bits per heavy atom. The minimum absolute atomic E-state index is 0.165. The first kappa shape index (κ1) is 14.7. The van der Waals surface area contributed by atoms with Crippen molar-refractivity contribution < 1.29 is 19.0 Å². The van der Waals surface area contributed by atoms with E-state index in [0.29, 0.717) is 0 Å². The third-order valence-corrected chi connectivity index (χ3v) is 3.57. The Bertz CT molecular complexity index is 501. The average molecular weight is 279 g/mol. The molecule has 0 aliphatic carbocycles. The van der Waals surface area contributed by atoms with Gasteiger partial charge in [0.1, 0.15) is 17.6 Å². The standard InChI is InChI=1S/C15H21NO4/c1-9-5-10-6-14(18-3)11(7-13(10)20-9)12(16-2)8-15(17)19-4/h6-7,9,12,16H,5,8H2,1-4H3. The highest BCUT2D eigenvalue weighted by Gasteiger charge is 2.25. The molecule has 0 radical (unpaired) electrons. The van der Waals surface area contributed by atoms with Crippen molar-refractivity contribution in [1.82, 2.24) is 5.32 Å². The molecule has 1 aliphatic rings. The molecule has 5 heteroatoms. The third kappa shape index (κ3) is 2.88. The molecule has 2 atom stereocenters. The van der Waals surface area contributed by atoms with Crippen LogP contribution in [-0.4, -0.2) is 33.3 Å². The number of ether oxygens (including phenoxy) is 3. The molecular weight excluding hydrogens is 258 g/mol. The molecule has 2 rings (SSSR count). The third-order valence-electron chi connectivity index (χ3n) is 3.57. The van der Waals surface area contributed by atoms with Crippen LogP contribution in [0.5, 0.6) is 11.5 Å². The van der Waals surface area contributed by atoms with Crippen molar-refractivity contribution in [1.29, 1.82) is 0 Å². The van der Waals surface area contributed by atoms with Crippen LogP contribution in [0, 0.1) is 0 Å². The molecule has 0 fully saturated rings. The number of fused-ring (bicyclic) bond motifs is 1. The van der Waals surface area contributed by atoms with Gasteiger partial charge in [-0.25, -0.2) is 0 Å². The lowest BCUT2D eigenvalue weighted by Gasteiger charge is -2.19. The van der Waals surface area contributed by atoms with Gasteiger partial charge in [-0.1, -0.05) is 0 Å². The van der Waals surface area contributed by atoms with Gasteiger partial charge in [-0.05, 0) is 26.1 Å². The van der Waals surface area contributed by atoms with Gasteiger partial charge in [0.15, 0.2) is 0 Å². The van der Waals surface area contributed by atoms with E-state index in [9.17, 15) is 4.79 Å². The largest absolute Gasteiger partial charge is 0.496 e. The number of hydrogen-bond acceptors (Lipinski definition) is 5. The molecule has 5 nitrogen and oxygen atoms in total. The van der Waals surface area contributed by atoms with Crippen molar-refractivity contribution >= 4 is 5.97 Å². The quantitative estimate of drug-likeness (QED) is 0.834. The molecule has 1 N–H and O–H groups in total. The molecule has 0 amide bonds. The zero-order valence-electron chi connectivity index (χ0n) is 12.4. The van der Waals surface area contributed by atoms with Crippen LogP contribution in [0.3, 0.4) is 0 Å². The molecule has 0 saturated carbocycles. The number of nitrogens with one attached hydrogen (secondary N) is 1. The summed E-state index contributed by atoms with van der Waals surface area (Å²) >= 11 is 0. The van der Waals surface area contributed by atoms with E-state index < -0.39 is 0 Å². The van der Waals surface area contributed by atoms with E-state index in [2.05, 4.69) is 5.32 Å². The highest BCUT2D eigenvalue weighted by molar-refractivity contribution is 5.70. The minimum atomic E-state index is -0.263. The summed E-state index contributed by atoms with van der Waals surface area (Å²) in [6.45, 7) is 2.04. The summed E-state index contributed by atoms with van der Waals surface area (Å²) in [7, 11) is 4.83. The molecule has 1 aliphatic heterocycles. The summed E-state index contributed by atoms with van der Waals surface area (Å²) in [5.74, 6) is 1.38. The minimum Gasteiger partial charge on any atom is -0.496 e. The van der Waals surface area contributed by atoms with Gasteiger partial charge in [0, 0.05) is 23.6 Å². The molecule has 1 heterocycles. The molecule has 0 aromatic heterocycles. The second-order valence-electron chi connectivity index (χ2n) is 4.96. The van der Waals surface area contributed by atoms with Gasteiger partial charge >= 0.3 is 5.97 Å². The normalized spacial score (nSPS) is 18.1. The van der Waals surface area contributed by atoms with Crippen LogP contribution in [0.1, 0.15) is 30.5 Å². The zero-order valence-corrected chi connectivity index (χ0v) is 12.4. The maximum absolute atomic E-state index is 11.5. The van der Waals surface area contributed by atoms with Crippen molar-refractivity contribution in [3.8, 4) is 11.5 Å². The van der Waals surface area contributed by atoms with Crippen molar-refractivity contribution in [2.24, 2.45) is 0 Å². The van der Waals surface area contributed by atoms with Gasteiger partial charge in [-0.15, -0.1) is 0 Å². The van der Waals surface area contributed by atoms with E-state index in [-0.39, 0.29) is 24.5 Å². The summed E-state index contributed by atoms with van der Waals surface area (Å²) in [6.07, 6.45) is 1.31. The number of methoxy groups -OCH3 is 2. The van der Waals surface area contributed by atoms with Crippen LogP contribution < -0.4 is 14.8 Å². The smallest absolute Gasteiger partial charge is 0.307 e. The molecule has 1 aromatic carbocycles. The number of hydrogen-bond donors (Lipinski definition) is 1. The van der Waals surface area contributed by atoms with Gasteiger partial charge < -0.3 is 19.5 Å². The Kier molecular flexibility index (Phi) is 4.49. The Hall–Kier alpha value is -1.75. The van der Waals surface area contributed by atoms with Gasteiger partial charge in [-0.2, -0.15) is 0 Å². The second kappa shape index (κ2) is 6.13. The van der Waals surface area contributed by atoms with Gasteiger partial charge in [-0.3, -0.25) is 4.79 Å². The number of rotatable bonds is 5. The molecule has 20 heavy (non-hydrogen) atoms. The lowest BCUT2D eigenvalue weighted by Crippen LogP contribution is -2.21. The predicted molar refractivity (Wildman–Crippen MR) is 75.2 cm³/mol. The highest BCUT2D eigenvalue weighted by atomic mass is 16.5. The topological polar surface area (TPSA) is 56.8 Å². The average Bonchev–Trinajstić information content (AvgIpc) is 2.81. The second-order valence-corrected chi connectivity index (χ2v) is 4.96. The van der Waals surface area contributed by atoms with Gasteiger partial charge in [0.2, 0.25) is 0 Å². The first-order valence-electron chi connectivity index (χ1n) is 6.70.